The highest BCUT2D eigenvalue weighted by molar-refractivity contribution is 6.00. The molecule has 6 nitrogen and oxygen atoms in total. The van der Waals surface area contributed by atoms with Crippen LogP contribution in [0, 0.1) is 12.8 Å². The van der Waals surface area contributed by atoms with Crippen LogP contribution in [0.2, 0.25) is 0 Å². The number of amides is 2. The van der Waals surface area contributed by atoms with Crippen LogP contribution in [-0.2, 0) is 16.1 Å². The first kappa shape index (κ1) is 18.2. The summed E-state index contributed by atoms with van der Waals surface area (Å²) in [5.74, 6) is -0.280. The lowest BCUT2D eigenvalue weighted by atomic mass is 10.1. The van der Waals surface area contributed by atoms with Gasteiger partial charge in [0.1, 0.15) is 5.65 Å². The first-order valence-electron chi connectivity index (χ1n) is 9.63. The van der Waals surface area contributed by atoms with Crippen molar-refractivity contribution in [2.24, 2.45) is 5.92 Å². The van der Waals surface area contributed by atoms with Crippen LogP contribution in [0.15, 0.2) is 54.9 Å². The number of hydrogen-bond donors (Lipinski definition) is 0. The molecule has 0 aliphatic carbocycles. The summed E-state index contributed by atoms with van der Waals surface area (Å²) >= 11 is 0. The van der Waals surface area contributed by atoms with E-state index in [1.807, 2.05) is 78.0 Å². The van der Waals surface area contributed by atoms with Gasteiger partial charge in [-0.3, -0.25) is 9.59 Å². The lowest BCUT2D eigenvalue weighted by Crippen LogP contribution is -2.37. The van der Waals surface area contributed by atoms with Gasteiger partial charge >= 0.3 is 0 Å². The van der Waals surface area contributed by atoms with E-state index in [9.17, 15) is 9.59 Å². The summed E-state index contributed by atoms with van der Waals surface area (Å²) in [6.45, 7) is 5.49. The van der Waals surface area contributed by atoms with Gasteiger partial charge in [-0.15, -0.1) is 0 Å². The molecule has 28 heavy (non-hydrogen) atoms. The summed E-state index contributed by atoms with van der Waals surface area (Å²) in [5.41, 5.74) is 3.83. The van der Waals surface area contributed by atoms with Gasteiger partial charge in [-0.1, -0.05) is 23.8 Å². The molecule has 1 atom stereocenters. The Hall–Kier alpha value is -3.15. The number of nitrogens with zero attached hydrogens (tertiary/aromatic N) is 4. The van der Waals surface area contributed by atoms with E-state index in [4.69, 9.17) is 0 Å². The first-order chi connectivity index (χ1) is 13.6. The molecule has 0 saturated carbocycles. The molecule has 0 bridgehead atoms. The average molecular weight is 376 g/mol. The number of aromatic nitrogens is 2. The molecule has 0 radical (unpaired) electrons. The zero-order valence-electron chi connectivity index (χ0n) is 16.2. The summed E-state index contributed by atoms with van der Waals surface area (Å²) in [7, 11) is 0. The van der Waals surface area contributed by atoms with E-state index < -0.39 is 0 Å². The Balaban J connectivity index is 1.49. The maximum absolute atomic E-state index is 13.1. The van der Waals surface area contributed by atoms with E-state index in [1.165, 1.54) is 0 Å². The number of rotatable bonds is 5. The topological polar surface area (TPSA) is 57.9 Å². The number of carbonyl (C=O) groups is 2. The molecule has 1 aliphatic heterocycles. The molecule has 2 amide bonds. The lowest BCUT2D eigenvalue weighted by molar-refractivity contribution is -0.136. The molecule has 1 fully saturated rings. The Morgan fingerprint density at radius 2 is 2.00 bits per heavy atom. The molecule has 1 unspecified atom stereocenters. The molecule has 2 aromatic heterocycles. The Labute approximate surface area is 164 Å². The SMILES string of the molecule is CCN(Cc1cnc2ccccn12)C(=O)C1CC(=O)N(c2ccc(C)cc2)C1. The minimum atomic E-state index is -0.312. The third kappa shape index (κ3) is 3.38. The van der Waals surface area contributed by atoms with Gasteiger partial charge in [0.2, 0.25) is 11.8 Å². The molecule has 3 aromatic rings. The molecular weight excluding hydrogens is 352 g/mol. The second kappa shape index (κ2) is 7.46. The Kier molecular flexibility index (Phi) is 4.86. The summed E-state index contributed by atoms with van der Waals surface area (Å²) in [6, 6.07) is 13.7. The third-order valence-corrected chi connectivity index (χ3v) is 5.36. The molecule has 0 N–H and O–H groups in total. The number of hydrogen-bond acceptors (Lipinski definition) is 3. The second-order valence-electron chi connectivity index (χ2n) is 7.27. The van der Waals surface area contributed by atoms with Crippen LogP contribution < -0.4 is 4.90 Å². The van der Waals surface area contributed by atoms with Crippen LogP contribution in [0.1, 0.15) is 24.6 Å². The zero-order chi connectivity index (χ0) is 19.7. The largest absolute Gasteiger partial charge is 0.337 e. The van der Waals surface area contributed by atoms with Gasteiger partial charge in [0, 0.05) is 31.4 Å². The molecule has 4 rings (SSSR count). The van der Waals surface area contributed by atoms with Crippen LogP contribution in [0.3, 0.4) is 0 Å². The number of imidazole rings is 1. The van der Waals surface area contributed by atoms with Gasteiger partial charge in [-0.25, -0.2) is 4.98 Å². The molecule has 1 saturated heterocycles. The van der Waals surface area contributed by atoms with E-state index in [0.717, 1.165) is 22.6 Å². The summed E-state index contributed by atoms with van der Waals surface area (Å²) < 4.78 is 1.99. The molecule has 0 spiro atoms. The van der Waals surface area contributed by atoms with Crippen LogP contribution >= 0.6 is 0 Å². The van der Waals surface area contributed by atoms with Crippen LogP contribution in [0.4, 0.5) is 5.69 Å². The Morgan fingerprint density at radius 3 is 2.75 bits per heavy atom. The van der Waals surface area contributed by atoms with Gasteiger partial charge < -0.3 is 14.2 Å². The highest BCUT2D eigenvalue weighted by Crippen LogP contribution is 2.27. The maximum Gasteiger partial charge on any atom is 0.228 e. The van der Waals surface area contributed by atoms with E-state index >= 15 is 0 Å². The monoisotopic (exact) mass is 376 g/mol. The van der Waals surface area contributed by atoms with Crippen LogP contribution in [0.5, 0.6) is 0 Å². The van der Waals surface area contributed by atoms with E-state index in [0.29, 0.717) is 19.6 Å². The summed E-state index contributed by atoms with van der Waals surface area (Å²) in [5, 5.41) is 0. The number of benzene rings is 1. The van der Waals surface area contributed by atoms with Gasteiger partial charge in [-0.2, -0.15) is 0 Å². The number of anilines is 1. The molecule has 1 aromatic carbocycles. The smallest absolute Gasteiger partial charge is 0.228 e. The van der Waals surface area contributed by atoms with Crippen molar-refractivity contribution in [2.75, 3.05) is 18.0 Å². The minimum Gasteiger partial charge on any atom is -0.337 e. The van der Waals surface area contributed by atoms with Crippen molar-refractivity contribution in [1.29, 1.82) is 0 Å². The summed E-state index contributed by atoms with van der Waals surface area (Å²) in [6.07, 6.45) is 4.02. The van der Waals surface area contributed by atoms with Crippen molar-refractivity contribution in [1.82, 2.24) is 14.3 Å². The standard InChI is InChI=1S/C22H24N4O2/c1-3-24(15-19-13-23-20-6-4-5-11-25(19)20)22(28)17-12-21(27)26(14-17)18-9-7-16(2)8-10-18/h4-11,13,17H,3,12,14-15H2,1-2H3. The van der Waals surface area contributed by atoms with Crippen LogP contribution in [0.25, 0.3) is 5.65 Å². The van der Waals surface area contributed by atoms with E-state index in [2.05, 4.69) is 4.98 Å². The van der Waals surface area contributed by atoms with E-state index in [-0.39, 0.29) is 24.2 Å². The lowest BCUT2D eigenvalue weighted by Gasteiger charge is -2.24. The number of carbonyl (C=O) groups excluding carboxylic acids is 2. The fraction of sp³-hybridized carbons (Fsp3) is 0.318. The first-order valence-corrected chi connectivity index (χ1v) is 9.63. The van der Waals surface area contributed by atoms with Gasteiger partial charge in [0.25, 0.3) is 0 Å². The fourth-order valence-electron chi connectivity index (χ4n) is 3.75. The molecule has 6 heteroatoms. The minimum absolute atomic E-state index is 0.00746. The second-order valence-corrected chi connectivity index (χ2v) is 7.27. The van der Waals surface area contributed by atoms with Crippen molar-refractivity contribution in [3.63, 3.8) is 0 Å². The highest BCUT2D eigenvalue weighted by atomic mass is 16.2. The average Bonchev–Trinajstić information content (AvgIpc) is 3.30. The molecule has 144 valence electrons. The van der Waals surface area contributed by atoms with Crippen molar-refractivity contribution in [2.45, 2.75) is 26.8 Å². The predicted molar refractivity (Wildman–Crippen MR) is 108 cm³/mol. The van der Waals surface area contributed by atoms with Crippen molar-refractivity contribution < 1.29 is 9.59 Å². The number of pyridine rings is 1. The molecular formula is C22H24N4O2. The van der Waals surface area contributed by atoms with Gasteiger partial charge in [0.15, 0.2) is 0 Å². The quantitative estimate of drug-likeness (QED) is 0.688. The van der Waals surface area contributed by atoms with Crippen molar-refractivity contribution in [3.8, 4) is 0 Å². The molecule has 1 aliphatic rings. The Bertz CT molecular complexity index is 1010. The fourth-order valence-corrected chi connectivity index (χ4v) is 3.75. The zero-order valence-corrected chi connectivity index (χ0v) is 16.2. The summed E-state index contributed by atoms with van der Waals surface area (Å²) in [4.78, 5) is 33.6. The van der Waals surface area contributed by atoms with Crippen molar-refractivity contribution >= 4 is 23.1 Å². The van der Waals surface area contributed by atoms with Crippen molar-refractivity contribution in [3.05, 3.63) is 66.1 Å². The predicted octanol–water partition coefficient (Wildman–Crippen LogP) is 3.04. The normalized spacial score (nSPS) is 16.7. The maximum atomic E-state index is 13.1. The van der Waals surface area contributed by atoms with Crippen LogP contribution in [-0.4, -0.2) is 39.2 Å². The third-order valence-electron chi connectivity index (χ3n) is 5.36. The van der Waals surface area contributed by atoms with E-state index in [1.54, 1.807) is 4.90 Å². The highest BCUT2D eigenvalue weighted by Gasteiger charge is 2.37. The Morgan fingerprint density at radius 1 is 1.21 bits per heavy atom. The number of fused-ring (bicyclic) bond motifs is 1. The number of aryl methyl sites for hydroxylation is 1. The van der Waals surface area contributed by atoms with Gasteiger partial charge in [0.05, 0.1) is 24.4 Å². The van der Waals surface area contributed by atoms with Gasteiger partial charge in [-0.05, 0) is 38.1 Å². The molecule has 3 heterocycles.